The van der Waals surface area contributed by atoms with Crippen molar-refractivity contribution in [3.63, 3.8) is 0 Å². The lowest BCUT2D eigenvalue weighted by Gasteiger charge is -2.40. The van der Waals surface area contributed by atoms with Gasteiger partial charge in [0.15, 0.2) is 0 Å². The summed E-state index contributed by atoms with van der Waals surface area (Å²) in [5.74, 6) is -1.14. The van der Waals surface area contributed by atoms with Crippen molar-refractivity contribution in [2.75, 3.05) is 5.32 Å². The molecule has 8 heteroatoms. The Labute approximate surface area is 209 Å². The van der Waals surface area contributed by atoms with E-state index in [0.717, 1.165) is 24.8 Å². The molecule has 2 fully saturated rings. The third-order valence-electron chi connectivity index (χ3n) is 8.35. The van der Waals surface area contributed by atoms with Crippen LogP contribution in [-0.4, -0.2) is 22.2 Å². The molecule has 3 atom stereocenters. The van der Waals surface area contributed by atoms with Gasteiger partial charge in [-0.05, 0) is 66.2 Å². The molecule has 3 unspecified atom stereocenters. The molecule has 2 aromatic carbocycles. The number of anilines is 1. The average Bonchev–Trinajstić information content (AvgIpc) is 3.08. The van der Waals surface area contributed by atoms with Gasteiger partial charge in [0.1, 0.15) is 17.1 Å². The van der Waals surface area contributed by atoms with Crippen LogP contribution in [0.2, 0.25) is 10.0 Å². The van der Waals surface area contributed by atoms with Crippen LogP contribution in [0.4, 0.5) is 5.69 Å². The van der Waals surface area contributed by atoms with Gasteiger partial charge in [-0.3, -0.25) is 4.79 Å². The minimum absolute atomic E-state index is 0.0458. The molecular weight excluding hydrogens is 477 g/mol. The second-order valence-electron chi connectivity index (χ2n) is 10.3. The molecular formula is C26H29Cl2NO5. The largest absolute Gasteiger partial charge is 0.506 e. The van der Waals surface area contributed by atoms with Gasteiger partial charge in [0.2, 0.25) is 0 Å². The predicted octanol–water partition coefficient (Wildman–Crippen LogP) is 6.86. The maximum atomic E-state index is 12.2. The van der Waals surface area contributed by atoms with Crippen LogP contribution < -0.4 is 10.1 Å². The standard InChI is InChI=1S/C26H29Cl2NO5/c1-13(30)34-23-18(20-8-15-5-6-26(20,4)25(15,2)3)10-17(11-19(23)24(32)33)29-12-14-7-16(27)9-21(28)22(14)31/h7,9-11,15,20,29,31H,5-6,8,12H2,1-4H3,(H,32,33). The van der Waals surface area contributed by atoms with Crippen LogP contribution in [0.1, 0.15) is 74.4 Å². The van der Waals surface area contributed by atoms with Crippen molar-refractivity contribution < 1.29 is 24.5 Å². The van der Waals surface area contributed by atoms with E-state index in [9.17, 15) is 19.8 Å². The first kappa shape index (κ1) is 24.7. The summed E-state index contributed by atoms with van der Waals surface area (Å²) < 4.78 is 5.52. The van der Waals surface area contributed by atoms with Crippen molar-refractivity contribution in [3.8, 4) is 11.5 Å². The number of fused-ring (bicyclic) bond motifs is 2. The Morgan fingerprint density at radius 3 is 2.44 bits per heavy atom. The first-order valence-corrected chi connectivity index (χ1v) is 12.1. The fourth-order valence-corrected chi connectivity index (χ4v) is 6.59. The van der Waals surface area contributed by atoms with Crippen LogP contribution in [0.3, 0.4) is 0 Å². The van der Waals surface area contributed by atoms with Crippen molar-refractivity contribution in [1.82, 2.24) is 0 Å². The van der Waals surface area contributed by atoms with Gasteiger partial charge in [-0.1, -0.05) is 44.0 Å². The summed E-state index contributed by atoms with van der Waals surface area (Å²) in [6.07, 6.45) is 3.08. The summed E-state index contributed by atoms with van der Waals surface area (Å²) >= 11 is 12.1. The molecule has 0 aromatic heterocycles. The molecule has 6 nitrogen and oxygen atoms in total. The first-order chi connectivity index (χ1) is 15.8. The number of hydrogen-bond acceptors (Lipinski definition) is 5. The molecule has 0 radical (unpaired) electrons. The molecule has 3 N–H and O–H groups in total. The predicted molar refractivity (Wildman–Crippen MR) is 132 cm³/mol. The number of ether oxygens (including phenoxy) is 1. The zero-order valence-electron chi connectivity index (χ0n) is 19.7. The van der Waals surface area contributed by atoms with Crippen molar-refractivity contribution in [1.29, 1.82) is 0 Å². The maximum Gasteiger partial charge on any atom is 0.339 e. The Morgan fingerprint density at radius 1 is 1.18 bits per heavy atom. The summed E-state index contributed by atoms with van der Waals surface area (Å²) in [5, 5.41) is 24.0. The lowest BCUT2D eigenvalue weighted by molar-refractivity contribution is -0.132. The number of carboxylic acids is 1. The number of nitrogens with one attached hydrogen (secondary N) is 1. The van der Waals surface area contributed by atoms with E-state index in [0.29, 0.717) is 22.2 Å². The average molecular weight is 506 g/mol. The van der Waals surface area contributed by atoms with E-state index < -0.39 is 11.9 Å². The summed E-state index contributed by atoms with van der Waals surface area (Å²) in [5.41, 5.74) is 1.70. The van der Waals surface area contributed by atoms with E-state index in [1.54, 1.807) is 6.07 Å². The minimum Gasteiger partial charge on any atom is -0.506 e. The number of carboxylic acid groups (broad SMARTS) is 1. The lowest BCUT2D eigenvalue weighted by atomic mass is 9.64. The Hall–Kier alpha value is -2.44. The molecule has 2 bridgehead atoms. The number of aromatic hydroxyl groups is 1. The summed E-state index contributed by atoms with van der Waals surface area (Å²) in [7, 11) is 0. The Morgan fingerprint density at radius 2 is 1.88 bits per heavy atom. The molecule has 2 aliphatic carbocycles. The molecule has 2 saturated carbocycles. The number of phenols is 1. The highest BCUT2D eigenvalue weighted by atomic mass is 35.5. The number of carbonyl (C=O) groups is 2. The molecule has 2 aromatic rings. The second-order valence-corrected chi connectivity index (χ2v) is 11.1. The lowest BCUT2D eigenvalue weighted by Crippen LogP contribution is -2.31. The molecule has 0 spiro atoms. The Balaban J connectivity index is 1.79. The van der Waals surface area contributed by atoms with E-state index in [1.807, 2.05) is 6.07 Å². The number of esters is 1. The summed E-state index contributed by atoms with van der Waals surface area (Å²) in [6.45, 7) is 8.27. The SMILES string of the molecule is CC(=O)Oc1c(C(=O)O)cc(NCc2cc(Cl)cc(Cl)c2O)cc1C1CC2CCC1(C)C2(C)C. The molecule has 182 valence electrons. The van der Waals surface area contributed by atoms with E-state index >= 15 is 0 Å². The number of phenolic OH excluding ortho intramolecular Hbond substituents is 1. The quantitative estimate of drug-likeness (QED) is 0.293. The minimum atomic E-state index is -1.18. The molecule has 0 saturated heterocycles. The van der Waals surface area contributed by atoms with Crippen LogP contribution in [0.5, 0.6) is 11.5 Å². The van der Waals surface area contributed by atoms with Gasteiger partial charge in [0, 0.05) is 35.3 Å². The van der Waals surface area contributed by atoms with Crippen molar-refractivity contribution in [2.45, 2.75) is 59.4 Å². The number of benzene rings is 2. The van der Waals surface area contributed by atoms with Crippen LogP contribution in [0.25, 0.3) is 0 Å². The van der Waals surface area contributed by atoms with Gasteiger partial charge < -0.3 is 20.3 Å². The van der Waals surface area contributed by atoms with Crippen LogP contribution in [0.15, 0.2) is 24.3 Å². The van der Waals surface area contributed by atoms with E-state index in [4.69, 9.17) is 27.9 Å². The van der Waals surface area contributed by atoms with Gasteiger partial charge in [-0.2, -0.15) is 0 Å². The molecule has 0 amide bonds. The van der Waals surface area contributed by atoms with E-state index in [-0.39, 0.29) is 45.4 Å². The van der Waals surface area contributed by atoms with Crippen LogP contribution >= 0.6 is 23.2 Å². The number of carbonyl (C=O) groups excluding carboxylic acids is 1. The normalized spacial score (nSPS) is 24.8. The van der Waals surface area contributed by atoms with Crippen molar-refractivity contribution in [3.05, 3.63) is 51.0 Å². The highest BCUT2D eigenvalue weighted by Crippen LogP contribution is 2.71. The molecule has 4 rings (SSSR count). The number of halogens is 2. The van der Waals surface area contributed by atoms with Gasteiger partial charge in [-0.25, -0.2) is 4.79 Å². The highest BCUT2D eigenvalue weighted by molar-refractivity contribution is 6.35. The zero-order chi connectivity index (χ0) is 25.0. The topological polar surface area (TPSA) is 95.9 Å². The molecule has 0 aliphatic heterocycles. The second kappa shape index (κ2) is 8.65. The molecule has 34 heavy (non-hydrogen) atoms. The highest BCUT2D eigenvalue weighted by Gasteiger charge is 2.62. The zero-order valence-corrected chi connectivity index (χ0v) is 21.2. The Bertz CT molecular complexity index is 1180. The number of hydrogen-bond donors (Lipinski definition) is 3. The molecule has 2 aliphatic rings. The van der Waals surface area contributed by atoms with Crippen LogP contribution in [-0.2, 0) is 11.3 Å². The van der Waals surface area contributed by atoms with Gasteiger partial charge in [-0.15, -0.1) is 0 Å². The third-order valence-corrected chi connectivity index (χ3v) is 8.86. The fraction of sp³-hybridized carbons (Fsp3) is 0.462. The fourth-order valence-electron chi connectivity index (χ4n) is 6.05. The number of rotatable bonds is 6. The van der Waals surface area contributed by atoms with Crippen LogP contribution in [0, 0.1) is 16.7 Å². The number of aromatic carboxylic acids is 1. The molecule has 0 heterocycles. The smallest absolute Gasteiger partial charge is 0.339 e. The van der Waals surface area contributed by atoms with E-state index in [2.05, 4.69) is 26.1 Å². The van der Waals surface area contributed by atoms with Gasteiger partial charge in [0.25, 0.3) is 0 Å². The Kier molecular flexibility index (Phi) is 6.28. The summed E-state index contributed by atoms with van der Waals surface area (Å²) in [6, 6.07) is 6.38. The maximum absolute atomic E-state index is 12.2. The van der Waals surface area contributed by atoms with Gasteiger partial charge >= 0.3 is 11.9 Å². The van der Waals surface area contributed by atoms with Crippen molar-refractivity contribution in [2.24, 2.45) is 16.7 Å². The van der Waals surface area contributed by atoms with Crippen molar-refractivity contribution >= 4 is 40.8 Å². The summed E-state index contributed by atoms with van der Waals surface area (Å²) in [4.78, 5) is 24.1. The third kappa shape index (κ3) is 4.01. The van der Waals surface area contributed by atoms with Gasteiger partial charge in [0.05, 0.1) is 5.02 Å². The van der Waals surface area contributed by atoms with E-state index in [1.165, 1.54) is 19.1 Å². The monoisotopic (exact) mass is 505 g/mol. The first-order valence-electron chi connectivity index (χ1n) is 11.4.